The fourth-order valence-electron chi connectivity index (χ4n) is 2.36. The lowest BCUT2D eigenvalue weighted by Crippen LogP contribution is -2.23. The van der Waals surface area contributed by atoms with E-state index in [1.54, 1.807) is 0 Å². The number of carbonyl (C=O) groups excluding carboxylic acids is 1. The fraction of sp³-hybridized carbons (Fsp3) is 0.100. The minimum absolute atomic E-state index is 0.0575. The molecule has 0 atom stereocenters. The van der Waals surface area contributed by atoms with Gasteiger partial charge in [0, 0.05) is 13.1 Å². The zero-order chi connectivity index (χ0) is 19.2. The Morgan fingerprint density at radius 1 is 1.00 bits per heavy atom. The number of rotatable bonds is 6. The van der Waals surface area contributed by atoms with Crippen LogP contribution in [-0.4, -0.2) is 10.9 Å². The summed E-state index contributed by atoms with van der Waals surface area (Å²) in [5.74, 6) is -1.42. The molecular weight excluding hydrogens is 352 g/mol. The highest BCUT2D eigenvalue weighted by Gasteiger charge is 2.16. The Morgan fingerprint density at radius 3 is 2.33 bits per heavy atom. The SMILES string of the molecule is NCc1ccc(CNC(=O)c2cc(F)cnc2Oc2ccc(F)cc2)cc1. The van der Waals surface area contributed by atoms with Gasteiger partial charge in [0.2, 0.25) is 5.88 Å². The zero-order valence-electron chi connectivity index (χ0n) is 14.3. The van der Waals surface area contributed by atoms with Gasteiger partial charge in [0.05, 0.1) is 6.20 Å². The van der Waals surface area contributed by atoms with Gasteiger partial charge >= 0.3 is 0 Å². The third-order valence-electron chi connectivity index (χ3n) is 3.80. The van der Waals surface area contributed by atoms with Gasteiger partial charge in [0.15, 0.2) is 0 Å². The number of hydrogen-bond donors (Lipinski definition) is 2. The van der Waals surface area contributed by atoms with Crippen molar-refractivity contribution < 1.29 is 18.3 Å². The highest BCUT2D eigenvalue weighted by molar-refractivity contribution is 5.96. The van der Waals surface area contributed by atoms with Crippen molar-refractivity contribution in [1.82, 2.24) is 10.3 Å². The molecule has 3 N–H and O–H groups in total. The summed E-state index contributed by atoms with van der Waals surface area (Å²) in [6.45, 7) is 0.682. The van der Waals surface area contributed by atoms with E-state index in [1.807, 2.05) is 24.3 Å². The average molecular weight is 369 g/mol. The van der Waals surface area contributed by atoms with Gasteiger partial charge in [0.25, 0.3) is 5.91 Å². The number of ether oxygens (including phenoxy) is 1. The molecule has 0 aliphatic heterocycles. The van der Waals surface area contributed by atoms with Crippen LogP contribution in [0.3, 0.4) is 0 Å². The number of nitrogens with zero attached hydrogens (tertiary/aromatic N) is 1. The van der Waals surface area contributed by atoms with E-state index in [0.717, 1.165) is 23.4 Å². The quantitative estimate of drug-likeness (QED) is 0.697. The van der Waals surface area contributed by atoms with Crippen LogP contribution < -0.4 is 15.8 Å². The molecule has 1 heterocycles. The lowest BCUT2D eigenvalue weighted by Gasteiger charge is -2.11. The van der Waals surface area contributed by atoms with Gasteiger partial charge in [-0.05, 0) is 41.5 Å². The van der Waals surface area contributed by atoms with Gasteiger partial charge in [0.1, 0.15) is 22.9 Å². The number of nitrogens with two attached hydrogens (primary N) is 1. The van der Waals surface area contributed by atoms with Gasteiger partial charge in [-0.3, -0.25) is 4.79 Å². The van der Waals surface area contributed by atoms with E-state index in [4.69, 9.17) is 10.5 Å². The minimum atomic E-state index is -0.668. The molecule has 5 nitrogen and oxygen atoms in total. The molecule has 0 saturated carbocycles. The summed E-state index contributed by atoms with van der Waals surface area (Å²) in [5, 5.41) is 2.70. The minimum Gasteiger partial charge on any atom is -0.438 e. The van der Waals surface area contributed by atoms with Gasteiger partial charge in [-0.25, -0.2) is 13.8 Å². The van der Waals surface area contributed by atoms with E-state index in [2.05, 4.69) is 10.3 Å². The Kier molecular flexibility index (Phi) is 5.73. The standard InChI is InChI=1S/C20H17F2N3O2/c21-15-5-7-17(8-6-15)27-20-18(9-16(22)12-25-20)19(26)24-11-14-3-1-13(10-23)2-4-14/h1-9,12H,10-11,23H2,(H,24,26). The largest absolute Gasteiger partial charge is 0.438 e. The average Bonchev–Trinajstić information content (AvgIpc) is 2.69. The van der Waals surface area contributed by atoms with E-state index in [-0.39, 0.29) is 23.7 Å². The summed E-state index contributed by atoms with van der Waals surface area (Å²) >= 11 is 0. The van der Waals surface area contributed by atoms with Crippen molar-refractivity contribution in [3.63, 3.8) is 0 Å². The molecule has 3 aromatic rings. The molecule has 138 valence electrons. The second-order valence-corrected chi connectivity index (χ2v) is 5.77. The van der Waals surface area contributed by atoms with Gasteiger partial charge in [-0.2, -0.15) is 0 Å². The summed E-state index contributed by atoms with van der Waals surface area (Å²) in [5.41, 5.74) is 7.34. The van der Waals surface area contributed by atoms with Crippen LogP contribution in [0.5, 0.6) is 11.6 Å². The van der Waals surface area contributed by atoms with E-state index in [0.29, 0.717) is 6.54 Å². The smallest absolute Gasteiger partial charge is 0.257 e. The second kappa shape index (κ2) is 8.37. The van der Waals surface area contributed by atoms with Crippen molar-refractivity contribution in [2.75, 3.05) is 0 Å². The maximum atomic E-state index is 13.6. The molecule has 1 amide bonds. The predicted molar refractivity (Wildman–Crippen MR) is 96.2 cm³/mol. The molecule has 0 fully saturated rings. The maximum absolute atomic E-state index is 13.6. The topological polar surface area (TPSA) is 77.2 Å². The van der Waals surface area contributed by atoms with Crippen molar-refractivity contribution in [3.05, 3.63) is 89.1 Å². The second-order valence-electron chi connectivity index (χ2n) is 5.77. The molecule has 0 unspecified atom stereocenters. The van der Waals surface area contributed by atoms with Crippen molar-refractivity contribution in [2.24, 2.45) is 5.73 Å². The number of benzene rings is 2. The van der Waals surface area contributed by atoms with Crippen LogP contribution in [0.2, 0.25) is 0 Å². The molecule has 27 heavy (non-hydrogen) atoms. The Labute approximate surface area is 154 Å². The molecule has 3 rings (SSSR count). The van der Waals surface area contributed by atoms with E-state index >= 15 is 0 Å². The van der Waals surface area contributed by atoms with Crippen LogP contribution in [0, 0.1) is 11.6 Å². The lowest BCUT2D eigenvalue weighted by atomic mass is 10.1. The maximum Gasteiger partial charge on any atom is 0.257 e. The third kappa shape index (κ3) is 4.86. The summed E-state index contributed by atoms with van der Waals surface area (Å²) in [6.07, 6.45) is 0.946. The number of aromatic nitrogens is 1. The number of hydrogen-bond acceptors (Lipinski definition) is 4. The normalized spacial score (nSPS) is 10.5. The molecule has 2 aromatic carbocycles. The molecule has 0 spiro atoms. The van der Waals surface area contributed by atoms with Crippen LogP contribution in [-0.2, 0) is 13.1 Å². The summed E-state index contributed by atoms with van der Waals surface area (Å²) in [6, 6.07) is 13.7. The van der Waals surface area contributed by atoms with Crippen LogP contribution in [0.4, 0.5) is 8.78 Å². The number of halogens is 2. The van der Waals surface area contributed by atoms with E-state index < -0.39 is 17.5 Å². The first kappa shape index (κ1) is 18.5. The Bertz CT molecular complexity index is 929. The van der Waals surface area contributed by atoms with E-state index in [1.165, 1.54) is 24.3 Å². The number of amides is 1. The van der Waals surface area contributed by atoms with Gasteiger partial charge in [-0.1, -0.05) is 24.3 Å². The molecule has 7 heteroatoms. The number of pyridine rings is 1. The predicted octanol–water partition coefficient (Wildman–Crippen LogP) is 3.54. The van der Waals surface area contributed by atoms with Crippen molar-refractivity contribution in [3.8, 4) is 11.6 Å². The summed E-state index contributed by atoms with van der Waals surface area (Å²) in [4.78, 5) is 16.3. The summed E-state index contributed by atoms with van der Waals surface area (Å²) < 4.78 is 32.1. The first-order valence-corrected chi connectivity index (χ1v) is 8.20. The van der Waals surface area contributed by atoms with Crippen molar-refractivity contribution in [1.29, 1.82) is 0 Å². The first-order chi connectivity index (χ1) is 13.0. The van der Waals surface area contributed by atoms with Gasteiger partial charge in [-0.15, -0.1) is 0 Å². The van der Waals surface area contributed by atoms with Crippen molar-refractivity contribution in [2.45, 2.75) is 13.1 Å². The number of carbonyl (C=O) groups is 1. The number of nitrogens with one attached hydrogen (secondary N) is 1. The highest BCUT2D eigenvalue weighted by atomic mass is 19.1. The fourth-order valence-corrected chi connectivity index (χ4v) is 2.36. The molecular formula is C20H17F2N3O2. The van der Waals surface area contributed by atoms with Crippen LogP contribution in [0.15, 0.2) is 60.8 Å². The zero-order valence-corrected chi connectivity index (χ0v) is 14.3. The molecule has 0 bridgehead atoms. The monoisotopic (exact) mass is 369 g/mol. The van der Waals surface area contributed by atoms with E-state index in [9.17, 15) is 13.6 Å². The summed E-state index contributed by atoms with van der Waals surface area (Å²) in [7, 11) is 0. The third-order valence-corrected chi connectivity index (χ3v) is 3.80. The Balaban J connectivity index is 1.74. The molecule has 0 aliphatic rings. The Morgan fingerprint density at radius 2 is 1.67 bits per heavy atom. The van der Waals surface area contributed by atoms with Gasteiger partial charge < -0.3 is 15.8 Å². The van der Waals surface area contributed by atoms with Crippen molar-refractivity contribution >= 4 is 5.91 Å². The highest BCUT2D eigenvalue weighted by Crippen LogP contribution is 2.24. The molecule has 0 radical (unpaired) electrons. The molecule has 0 saturated heterocycles. The molecule has 1 aromatic heterocycles. The van der Waals surface area contributed by atoms with Crippen LogP contribution >= 0.6 is 0 Å². The molecule has 0 aliphatic carbocycles. The van der Waals surface area contributed by atoms with Crippen LogP contribution in [0.1, 0.15) is 21.5 Å². The van der Waals surface area contributed by atoms with Crippen LogP contribution in [0.25, 0.3) is 0 Å². The lowest BCUT2D eigenvalue weighted by molar-refractivity contribution is 0.0947. The Hall–Kier alpha value is -3.32. The first-order valence-electron chi connectivity index (χ1n) is 8.20.